The molecule has 8 nitrogen and oxygen atoms in total. The maximum Gasteiger partial charge on any atom is 0.273 e. The molecule has 0 aliphatic carbocycles. The fourth-order valence-corrected chi connectivity index (χ4v) is 8.02. The number of hydrogen-bond acceptors (Lipinski definition) is 7. The van der Waals surface area contributed by atoms with E-state index in [1.54, 1.807) is 13.8 Å². The van der Waals surface area contributed by atoms with Crippen molar-refractivity contribution in [1.82, 2.24) is 19.9 Å². The van der Waals surface area contributed by atoms with Crippen molar-refractivity contribution in [1.29, 1.82) is 0 Å². The fraction of sp³-hybridized carbons (Fsp3) is 0.219. The van der Waals surface area contributed by atoms with Gasteiger partial charge in [-0.25, -0.2) is 8.42 Å². The number of aryl methyl sites for hydroxylation is 5. The summed E-state index contributed by atoms with van der Waals surface area (Å²) in [6, 6.07) is 20.3. The normalized spacial score (nSPS) is 11.9. The molecular formula is C32H31N5O3S2. The second-order valence-corrected chi connectivity index (χ2v) is 13.8. The molecule has 42 heavy (non-hydrogen) atoms. The van der Waals surface area contributed by atoms with E-state index in [0.717, 1.165) is 55.1 Å². The van der Waals surface area contributed by atoms with Gasteiger partial charge in [-0.2, -0.15) is 5.10 Å². The second-order valence-electron chi connectivity index (χ2n) is 10.6. The molecule has 0 amide bonds. The molecule has 0 saturated carbocycles. The first-order chi connectivity index (χ1) is 20.0. The summed E-state index contributed by atoms with van der Waals surface area (Å²) in [7, 11) is -3.89. The first-order valence-electron chi connectivity index (χ1n) is 13.6. The number of hydrogen-bond donors (Lipinski definition) is 1. The summed E-state index contributed by atoms with van der Waals surface area (Å²) in [5.74, 6) is 0.780. The summed E-state index contributed by atoms with van der Waals surface area (Å²) in [4.78, 5) is 5.61. The SMILES string of the molecule is Cc1cc2c(c(C)n1)c(-c1ccccc1)nn2Cc1ccc(-c2cc(C)sc2S(=O)(=O)Nc2noc(C)c2C)c(C)c1. The van der Waals surface area contributed by atoms with E-state index in [0.29, 0.717) is 23.4 Å². The smallest absolute Gasteiger partial charge is 0.273 e. The molecule has 4 heterocycles. The lowest BCUT2D eigenvalue weighted by Gasteiger charge is -2.12. The number of nitrogens with one attached hydrogen (secondary N) is 1. The average molecular weight is 598 g/mol. The van der Waals surface area contributed by atoms with Crippen LogP contribution in [0.25, 0.3) is 33.3 Å². The minimum Gasteiger partial charge on any atom is -0.359 e. The van der Waals surface area contributed by atoms with Crippen LogP contribution in [0.4, 0.5) is 5.82 Å². The molecule has 6 aromatic rings. The van der Waals surface area contributed by atoms with Crippen LogP contribution in [0.3, 0.4) is 0 Å². The first-order valence-corrected chi connectivity index (χ1v) is 15.9. The van der Waals surface area contributed by atoms with E-state index in [-0.39, 0.29) is 10.0 Å². The number of sulfonamides is 1. The quantitative estimate of drug-likeness (QED) is 0.204. The van der Waals surface area contributed by atoms with E-state index < -0.39 is 10.0 Å². The fourth-order valence-electron chi connectivity index (χ4n) is 5.31. The molecule has 0 aliphatic heterocycles. The van der Waals surface area contributed by atoms with Crippen molar-refractivity contribution in [2.75, 3.05) is 4.72 Å². The van der Waals surface area contributed by atoms with Crippen LogP contribution >= 0.6 is 11.3 Å². The predicted octanol–water partition coefficient (Wildman–Crippen LogP) is 7.51. The van der Waals surface area contributed by atoms with Gasteiger partial charge in [0.05, 0.1) is 12.1 Å². The van der Waals surface area contributed by atoms with Crippen LogP contribution < -0.4 is 4.72 Å². The second kappa shape index (κ2) is 10.5. The predicted molar refractivity (Wildman–Crippen MR) is 168 cm³/mol. The highest BCUT2D eigenvalue weighted by molar-refractivity contribution is 7.94. The number of nitrogens with zero attached hydrogens (tertiary/aromatic N) is 4. The van der Waals surface area contributed by atoms with Crippen LogP contribution in [0.1, 0.15) is 38.7 Å². The first kappa shape index (κ1) is 27.9. The van der Waals surface area contributed by atoms with Crippen molar-refractivity contribution in [3.63, 3.8) is 0 Å². The summed E-state index contributed by atoms with van der Waals surface area (Å²) in [6.07, 6.45) is 0. The van der Waals surface area contributed by atoms with Gasteiger partial charge < -0.3 is 4.52 Å². The highest BCUT2D eigenvalue weighted by Gasteiger charge is 2.26. The molecular weight excluding hydrogens is 567 g/mol. The van der Waals surface area contributed by atoms with Gasteiger partial charge in [0, 0.05) is 38.3 Å². The van der Waals surface area contributed by atoms with Crippen LogP contribution in [0.2, 0.25) is 0 Å². The Morgan fingerprint density at radius 1 is 0.929 bits per heavy atom. The molecule has 0 atom stereocenters. The van der Waals surface area contributed by atoms with Gasteiger partial charge in [0.2, 0.25) is 0 Å². The van der Waals surface area contributed by atoms with Gasteiger partial charge in [0.25, 0.3) is 10.0 Å². The summed E-state index contributed by atoms with van der Waals surface area (Å²) in [5.41, 5.74) is 9.13. The number of pyridine rings is 1. The third-order valence-corrected chi connectivity index (χ3v) is 10.4. The van der Waals surface area contributed by atoms with Gasteiger partial charge in [-0.15, -0.1) is 11.3 Å². The number of rotatable bonds is 7. The third-order valence-electron chi connectivity index (χ3n) is 7.46. The van der Waals surface area contributed by atoms with Gasteiger partial charge in [0.15, 0.2) is 5.82 Å². The number of fused-ring (bicyclic) bond motifs is 1. The molecule has 0 unspecified atom stereocenters. The lowest BCUT2D eigenvalue weighted by molar-refractivity contribution is 0.399. The van der Waals surface area contributed by atoms with Gasteiger partial charge in [0.1, 0.15) is 15.7 Å². The maximum atomic E-state index is 13.5. The Kier molecular flexibility index (Phi) is 6.98. The summed E-state index contributed by atoms with van der Waals surface area (Å²) in [6.45, 7) is 12.0. The van der Waals surface area contributed by atoms with Gasteiger partial charge in [-0.3, -0.25) is 14.4 Å². The topological polar surface area (TPSA) is 103 Å². The molecule has 0 radical (unpaired) electrons. The molecule has 0 bridgehead atoms. The Balaban J connectivity index is 1.37. The Bertz CT molecular complexity index is 2070. The van der Waals surface area contributed by atoms with Gasteiger partial charge in [-0.1, -0.05) is 53.7 Å². The minimum atomic E-state index is -3.89. The lowest BCUT2D eigenvalue weighted by atomic mass is 10.0. The van der Waals surface area contributed by atoms with E-state index in [4.69, 9.17) is 14.6 Å². The zero-order valence-electron chi connectivity index (χ0n) is 24.3. The van der Waals surface area contributed by atoms with Crippen molar-refractivity contribution in [2.45, 2.75) is 52.3 Å². The number of aromatic nitrogens is 4. The van der Waals surface area contributed by atoms with E-state index in [9.17, 15) is 8.42 Å². The van der Waals surface area contributed by atoms with Crippen molar-refractivity contribution in [2.24, 2.45) is 0 Å². The highest BCUT2D eigenvalue weighted by atomic mass is 32.2. The average Bonchev–Trinajstić information content (AvgIpc) is 3.61. The van der Waals surface area contributed by atoms with E-state index >= 15 is 0 Å². The minimum absolute atomic E-state index is 0.207. The highest BCUT2D eigenvalue weighted by Crippen LogP contribution is 2.38. The Hall–Kier alpha value is -4.28. The monoisotopic (exact) mass is 597 g/mol. The van der Waals surface area contributed by atoms with E-state index in [1.807, 2.05) is 68.8 Å². The van der Waals surface area contributed by atoms with Crippen molar-refractivity contribution in [3.8, 4) is 22.4 Å². The summed E-state index contributed by atoms with van der Waals surface area (Å²) in [5, 5.41) is 9.98. The zero-order chi connectivity index (χ0) is 29.8. The van der Waals surface area contributed by atoms with Gasteiger partial charge >= 0.3 is 0 Å². The zero-order valence-corrected chi connectivity index (χ0v) is 25.9. The molecule has 1 N–H and O–H groups in total. The Labute approximate surface area is 249 Å². The largest absolute Gasteiger partial charge is 0.359 e. The molecule has 0 aliphatic rings. The summed E-state index contributed by atoms with van der Waals surface area (Å²) >= 11 is 1.24. The summed E-state index contributed by atoms with van der Waals surface area (Å²) < 4.78 is 37.0. The Morgan fingerprint density at radius 3 is 2.38 bits per heavy atom. The van der Waals surface area contributed by atoms with Crippen LogP contribution in [0.15, 0.2) is 69.4 Å². The standard InChI is InChI=1S/C32H31N5O3S2/c1-18-14-24(17-37-28-15-19(2)33-22(5)29(28)30(34-37)25-10-8-7-9-11-25)12-13-26(18)27-16-20(3)41-32(27)42(38,39)36-31-21(4)23(6)40-35-31/h7-16H,17H2,1-6H3,(H,35,36). The number of benzene rings is 2. The van der Waals surface area contributed by atoms with Gasteiger partial charge in [-0.05, 0) is 70.4 Å². The molecule has 6 rings (SSSR count). The van der Waals surface area contributed by atoms with Crippen LogP contribution in [0.5, 0.6) is 0 Å². The lowest BCUT2D eigenvalue weighted by Crippen LogP contribution is -2.13. The van der Waals surface area contributed by atoms with Crippen molar-refractivity contribution in [3.05, 3.63) is 99.4 Å². The number of anilines is 1. The van der Waals surface area contributed by atoms with Crippen LogP contribution in [-0.2, 0) is 16.6 Å². The van der Waals surface area contributed by atoms with Crippen molar-refractivity contribution < 1.29 is 12.9 Å². The van der Waals surface area contributed by atoms with E-state index in [1.165, 1.54) is 11.3 Å². The molecule has 0 fully saturated rings. The molecule has 4 aromatic heterocycles. The molecule has 0 spiro atoms. The molecule has 2 aromatic carbocycles. The van der Waals surface area contributed by atoms with Crippen molar-refractivity contribution >= 4 is 38.1 Å². The molecule has 0 saturated heterocycles. The third kappa shape index (κ3) is 5.01. The Morgan fingerprint density at radius 2 is 1.69 bits per heavy atom. The maximum absolute atomic E-state index is 13.5. The number of thiophene rings is 1. The van der Waals surface area contributed by atoms with E-state index in [2.05, 4.69) is 34.1 Å². The van der Waals surface area contributed by atoms with Crippen LogP contribution in [0, 0.1) is 41.5 Å². The molecule has 214 valence electrons. The molecule has 10 heteroatoms. The van der Waals surface area contributed by atoms with Crippen LogP contribution in [-0.4, -0.2) is 28.3 Å².